The predicted molar refractivity (Wildman–Crippen MR) is 134 cm³/mol. The summed E-state index contributed by atoms with van der Waals surface area (Å²) in [4.78, 5) is 39.6. The number of hydrogen-bond donors (Lipinski definition) is 5. The molecule has 3 aromatic rings. The smallest absolute Gasteiger partial charge is 0.337 e. The molecule has 1 heterocycles. The minimum Gasteiger partial charge on any atom is -0.508 e. The lowest BCUT2D eigenvalue weighted by Crippen LogP contribution is -2.31. The molecular weight excluding hydrogens is 498 g/mol. The van der Waals surface area contributed by atoms with Gasteiger partial charge < -0.3 is 35.0 Å². The maximum Gasteiger partial charge on any atom is 0.337 e. The molecule has 0 aliphatic carbocycles. The van der Waals surface area contributed by atoms with Crippen molar-refractivity contribution in [3.05, 3.63) is 76.9 Å². The number of rotatable bonds is 7. The van der Waals surface area contributed by atoms with E-state index in [0.29, 0.717) is 5.56 Å². The maximum absolute atomic E-state index is 13.9. The van der Waals surface area contributed by atoms with Gasteiger partial charge in [-0.25, -0.2) is 4.79 Å². The molecular formula is C27H23NO10. The number of hydrogen-bond acceptors (Lipinski definition) is 8. The minimum atomic E-state index is -1.49. The second-order valence-electron chi connectivity index (χ2n) is 8.40. The summed E-state index contributed by atoms with van der Waals surface area (Å²) < 4.78 is 10.3. The van der Waals surface area contributed by atoms with E-state index in [4.69, 9.17) is 9.47 Å². The van der Waals surface area contributed by atoms with E-state index < -0.39 is 35.4 Å². The fourth-order valence-electron chi connectivity index (χ4n) is 4.49. The first kappa shape index (κ1) is 25.9. The van der Waals surface area contributed by atoms with Crippen LogP contribution in [0.25, 0.3) is 6.08 Å². The highest BCUT2D eigenvalue weighted by Gasteiger charge is 2.50. The number of phenolic OH excluding ortho intramolecular Hbond substituents is 3. The molecule has 0 saturated carbocycles. The van der Waals surface area contributed by atoms with Crippen molar-refractivity contribution in [1.29, 1.82) is 0 Å². The van der Waals surface area contributed by atoms with Crippen molar-refractivity contribution >= 4 is 29.6 Å². The lowest BCUT2D eigenvalue weighted by atomic mass is 9.89. The Kier molecular flexibility index (Phi) is 6.85. The van der Waals surface area contributed by atoms with E-state index in [1.54, 1.807) is 0 Å². The lowest BCUT2D eigenvalue weighted by Gasteiger charge is -2.28. The number of amides is 1. The van der Waals surface area contributed by atoms with Gasteiger partial charge in [0.05, 0.1) is 31.5 Å². The number of aromatic carboxylic acids is 1. The average Bonchev–Trinajstić information content (AvgIpc) is 3.17. The molecule has 1 saturated heterocycles. The monoisotopic (exact) mass is 521 g/mol. The van der Waals surface area contributed by atoms with Crippen molar-refractivity contribution in [3.63, 3.8) is 0 Å². The number of methoxy groups -OCH3 is 2. The van der Waals surface area contributed by atoms with Gasteiger partial charge in [-0.05, 0) is 59.7 Å². The number of benzene rings is 3. The molecule has 0 bridgehead atoms. The Morgan fingerprint density at radius 2 is 1.50 bits per heavy atom. The summed E-state index contributed by atoms with van der Waals surface area (Å²) in [5.41, 5.74) is -0.147. The van der Waals surface area contributed by atoms with E-state index in [1.807, 2.05) is 0 Å². The highest BCUT2D eigenvalue weighted by atomic mass is 16.5. The minimum absolute atomic E-state index is 0.0175. The quantitative estimate of drug-likeness (QED) is 0.290. The molecule has 1 aliphatic heterocycles. The van der Waals surface area contributed by atoms with E-state index in [9.17, 15) is 39.9 Å². The largest absolute Gasteiger partial charge is 0.508 e. The van der Waals surface area contributed by atoms with Crippen molar-refractivity contribution in [1.82, 2.24) is 0 Å². The van der Waals surface area contributed by atoms with E-state index >= 15 is 0 Å². The van der Waals surface area contributed by atoms with Crippen LogP contribution in [-0.4, -0.2) is 57.6 Å². The highest BCUT2D eigenvalue weighted by Crippen LogP contribution is 2.48. The Hall–Kier alpha value is -5.19. The lowest BCUT2D eigenvalue weighted by molar-refractivity contribution is -0.140. The summed E-state index contributed by atoms with van der Waals surface area (Å²) in [6.45, 7) is 0. The van der Waals surface area contributed by atoms with Crippen molar-refractivity contribution in [2.75, 3.05) is 19.1 Å². The maximum atomic E-state index is 13.9. The van der Waals surface area contributed by atoms with Crippen LogP contribution in [0.5, 0.6) is 28.7 Å². The van der Waals surface area contributed by atoms with E-state index in [1.165, 1.54) is 68.8 Å². The molecule has 3 aromatic carbocycles. The molecule has 0 aromatic heterocycles. The first-order chi connectivity index (χ1) is 18.1. The van der Waals surface area contributed by atoms with Gasteiger partial charge in [0.2, 0.25) is 0 Å². The first-order valence-electron chi connectivity index (χ1n) is 11.2. The fourth-order valence-corrected chi connectivity index (χ4v) is 4.49. The van der Waals surface area contributed by atoms with Crippen LogP contribution in [0.3, 0.4) is 0 Å². The number of ether oxygens (including phenoxy) is 2. The summed E-state index contributed by atoms with van der Waals surface area (Å²) in [6, 6.07) is 10.3. The molecule has 11 heteroatoms. The van der Waals surface area contributed by atoms with Gasteiger partial charge in [0.25, 0.3) is 5.91 Å². The Morgan fingerprint density at radius 3 is 2.11 bits per heavy atom. The molecule has 11 nitrogen and oxygen atoms in total. The standard InChI is InChI=1S/C27H23NO10/c1-37-21-10-13(3-7-19(21)30)9-17-23(27(35)36)24(14-4-8-20(31)22(11-14)38-2)28(25(17)32)18-6-5-15(29)12-16(18)26(33)34/h3-12,23-24,29-31H,1-2H3,(H,33,34)(H,35,36)/b17-9+/t23-,24+/m1/s1. The van der Waals surface area contributed by atoms with Gasteiger partial charge in [0.15, 0.2) is 23.0 Å². The number of aromatic hydroxyl groups is 3. The van der Waals surface area contributed by atoms with E-state index in [0.717, 1.165) is 11.0 Å². The van der Waals surface area contributed by atoms with Crippen LogP contribution in [0.4, 0.5) is 5.69 Å². The van der Waals surface area contributed by atoms with Crippen LogP contribution in [0.15, 0.2) is 60.2 Å². The zero-order valence-electron chi connectivity index (χ0n) is 20.2. The molecule has 0 radical (unpaired) electrons. The fraction of sp³-hybridized carbons (Fsp3) is 0.148. The van der Waals surface area contributed by atoms with Gasteiger partial charge in [0.1, 0.15) is 11.7 Å². The molecule has 1 amide bonds. The van der Waals surface area contributed by atoms with Crippen molar-refractivity contribution in [2.45, 2.75) is 6.04 Å². The van der Waals surface area contributed by atoms with Crippen molar-refractivity contribution < 1.29 is 49.4 Å². The molecule has 5 N–H and O–H groups in total. The van der Waals surface area contributed by atoms with Gasteiger partial charge in [-0.2, -0.15) is 0 Å². The third-order valence-corrected chi connectivity index (χ3v) is 6.20. The van der Waals surface area contributed by atoms with Crippen LogP contribution in [0.1, 0.15) is 27.5 Å². The number of carbonyl (C=O) groups is 3. The molecule has 196 valence electrons. The normalized spacial score (nSPS) is 18.0. The molecule has 4 rings (SSSR count). The molecule has 1 fully saturated rings. The summed E-state index contributed by atoms with van der Waals surface area (Å²) in [7, 11) is 2.64. The number of carboxylic acids is 2. The van der Waals surface area contributed by atoms with Crippen LogP contribution >= 0.6 is 0 Å². The number of nitrogens with zero attached hydrogens (tertiary/aromatic N) is 1. The zero-order chi connectivity index (χ0) is 27.7. The summed E-state index contributed by atoms with van der Waals surface area (Å²) in [6.07, 6.45) is 1.33. The van der Waals surface area contributed by atoms with Crippen LogP contribution in [-0.2, 0) is 9.59 Å². The number of phenols is 3. The number of carbonyl (C=O) groups excluding carboxylic acids is 1. The highest BCUT2D eigenvalue weighted by molar-refractivity contribution is 6.17. The first-order valence-corrected chi connectivity index (χ1v) is 11.2. The second-order valence-corrected chi connectivity index (χ2v) is 8.40. The zero-order valence-corrected chi connectivity index (χ0v) is 20.2. The van der Waals surface area contributed by atoms with Gasteiger partial charge in [0, 0.05) is 5.57 Å². The number of anilines is 1. The van der Waals surface area contributed by atoms with Crippen molar-refractivity contribution in [3.8, 4) is 28.7 Å². The third kappa shape index (κ3) is 4.52. The Labute approximate surface area is 216 Å². The predicted octanol–water partition coefficient (Wildman–Crippen LogP) is 3.39. The second kappa shape index (κ2) is 10.1. The Balaban J connectivity index is 2.00. The molecule has 2 atom stereocenters. The summed E-state index contributed by atoms with van der Waals surface area (Å²) in [5, 5.41) is 50.0. The topological polar surface area (TPSA) is 174 Å². The van der Waals surface area contributed by atoms with Crippen LogP contribution in [0, 0.1) is 5.92 Å². The number of carboxylic acid groups (broad SMARTS) is 2. The SMILES string of the molecule is COc1cc(/C=C2/C(=O)N(c3ccc(O)cc3C(=O)O)[C@@H](c3ccc(O)c(OC)c3)[C@@H]2C(=O)O)ccc1O. The molecule has 1 aliphatic rings. The van der Waals surface area contributed by atoms with Gasteiger partial charge in [-0.3, -0.25) is 14.5 Å². The Bertz CT molecular complexity index is 1480. The van der Waals surface area contributed by atoms with Crippen LogP contribution in [0.2, 0.25) is 0 Å². The molecule has 0 spiro atoms. The van der Waals surface area contributed by atoms with E-state index in [-0.39, 0.29) is 45.6 Å². The number of aliphatic carboxylic acids is 1. The summed E-state index contributed by atoms with van der Waals surface area (Å²) >= 11 is 0. The summed E-state index contributed by atoms with van der Waals surface area (Å²) in [5.74, 6) is -5.73. The average molecular weight is 521 g/mol. The van der Waals surface area contributed by atoms with Crippen molar-refractivity contribution in [2.24, 2.45) is 5.92 Å². The third-order valence-electron chi connectivity index (χ3n) is 6.20. The van der Waals surface area contributed by atoms with E-state index in [2.05, 4.69) is 0 Å². The van der Waals surface area contributed by atoms with Crippen LogP contribution < -0.4 is 14.4 Å². The van der Waals surface area contributed by atoms with Gasteiger partial charge in [-0.15, -0.1) is 0 Å². The van der Waals surface area contributed by atoms with Gasteiger partial charge >= 0.3 is 11.9 Å². The molecule has 0 unspecified atom stereocenters. The van der Waals surface area contributed by atoms with Gasteiger partial charge in [-0.1, -0.05) is 12.1 Å². The Morgan fingerprint density at radius 1 is 0.868 bits per heavy atom. The molecule has 38 heavy (non-hydrogen) atoms.